The molecule has 3 heterocycles. The molecule has 0 saturated carbocycles. The van der Waals surface area contributed by atoms with Gasteiger partial charge < -0.3 is 14.3 Å². The van der Waals surface area contributed by atoms with Gasteiger partial charge in [0.1, 0.15) is 21.6 Å². The third-order valence-electron chi connectivity index (χ3n) is 5.81. The van der Waals surface area contributed by atoms with E-state index in [0.29, 0.717) is 32.1 Å². The molecule has 2 aromatic heterocycles. The molecule has 5 rings (SSSR count). The van der Waals surface area contributed by atoms with Crippen LogP contribution in [0.3, 0.4) is 0 Å². The normalized spacial score (nSPS) is 13.7. The van der Waals surface area contributed by atoms with E-state index in [1.54, 1.807) is 42.5 Å². The number of nitrogens with zero attached hydrogens (tertiary/aromatic N) is 1. The van der Waals surface area contributed by atoms with E-state index < -0.39 is 22.3 Å². The van der Waals surface area contributed by atoms with Gasteiger partial charge in [-0.25, -0.2) is 4.79 Å². The van der Waals surface area contributed by atoms with Gasteiger partial charge in [-0.1, -0.05) is 54.9 Å². The maximum absolute atomic E-state index is 13.7. The maximum Gasteiger partial charge on any atom is 0.354 e. The summed E-state index contributed by atoms with van der Waals surface area (Å²) in [5.41, 5.74) is -0.0810. The van der Waals surface area contributed by atoms with Crippen molar-refractivity contribution in [3.63, 3.8) is 0 Å². The van der Waals surface area contributed by atoms with Crippen molar-refractivity contribution in [1.82, 2.24) is 4.57 Å². The number of benzene rings is 2. The highest BCUT2D eigenvalue weighted by Crippen LogP contribution is 2.47. The van der Waals surface area contributed by atoms with Gasteiger partial charge in [0.05, 0.1) is 12.8 Å². The minimum absolute atomic E-state index is 0.00634. The molecule has 0 amide bonds. The summed E-state index contributed by atoms with van der Waals surface area (Å²) in [7, 11) is 1.53. The first-order valence-corrected chi connectivity index (χ1v) is 11.5. The van der Waals surface area contributed by atoms with Crippen LogP contribution in [0.25, 0.3) is 16.7 Å². The molecule has 6 nitrogen and oxygen atoms in total. The predicted octanol–water partition coefficient (Wildman–Crippen LogP) is 5.76. The molecule has 2 aromatic carbocycles. The van der Waals surface area contributed by atoms with Gasteiger partial charge in [-0.05, 0) is 30.3 Å². The number of hydrogen-bond donors (Lipinski definition) is 1. The van der Waals surface area contributed by atoms with E-state index in [1.807, 2.05) is 13.8 Å². The van der Waals surface area contributed by atoms with Gasteiger partial charge in [0.25, 0.3) is 5.56 Å². The number of pyridine rings is 1. The summed E-state index contributed by atoms with van der Waals surface area (Å²) in [6.45, 7) is 3.83. The van der Waals surface area contributed by atoms with Gasteiger partial charge in [0, 0.05) is 37.7 Å². The average molecular weight is 502 g/mol. The van der Waals surface area contributed by atoms with Crippen molar-refractivity contribution in [3.8, 4) is 17.2 Å². The molecule has 9 heteroatoms. The van der Waals surface area contributed by atoms with Crippen LogP contribution in [0.15, 0.2) is 66.3 Å². The van der Waals surface area contributed by atoms with Gasteiger partial charge in [-0.3, -0.25) is 9.36 Å². The molecule has 0 spiro atoms. The van der Waals surface area contributed by atoms with Gasteiger partial charge >= 0.3 is 5.63 Å². The lowest BCUT2D eigenvalue weighted by atomic mass is 9.83. The quantitative estimate of drug-likeness (QED) is 0.384. The highest BCUT2D eigenvalue weighted by Gasteiger charge is 2.40. The van der Waals surface area contributed by atoms with E-state index in [9.17, 15) is 14.7 Å². The van der Waals surface area contributed by atoms with Crippen molar-refractivity contribution in [2.75, 3.05) is 7.11 Å². The fourth-order valence-corrected chi connectivity index (χ4v) is 5.90. The summed E-state index contributed by atoms with van der Waals surface area (Å²) in [4.78, 5) is 27.0. The topological polar surface area (TPSA) is 81.7 Å². The number of aromatic hydroxyl groups is 1. The largest absolute Gasteiger partial charge is 0.505 e. The second-order valence-electron chi connectivity index (χ2n) is 8.16. The molecule has 0 saturated heterocycles. The lowest BCUT2D eigenvalue weighted by Crippen LogP contribution is -2.24. The molecule has 33 heavy (non-hydrogen) atoms. The molecule has 0 fully saturated rings. The van der Waals surface area contributed by atoms with E-state index in [2.05, 4.69) is 0 Å². The first kappa shape index (κ1) is 21.9. The van der Waals surface area contributed by atoms with E-state index >= 15 is 0 Å². The molecule has 4 aromatic rings. The first-order chi connectivity index (χ1) is 15.6. The van der Waals surface area contributed by atoms with Crippen LogP contribution in [0.4, 0.5) is 0 Å². The minimum atomic E-state index is -0.744. The Balaban J connectivity index is 1.79. The number of aromatic nitrogens is 1. The highest BCUT2D eigenvalue weighted by atomic mass is 35.5. The number of halogens is 2. The molecule has 0 bridgehead atoms. The Morgan fingerprint density at radius 1 is 1.12 bits per heavy atom. The number of rotatable bonds is 3. The Labute approximate surface area is 202 Å². The van der Waals surface area contributed by atoms with Crippen molar-refractivity contribution in [3.05, 3.63) is 84.5 Å². The number of ether oxygens (including phenoxy) is 1. The maximum atomic E-state index is 13.7. The monoisotopic (exact) mass is 501 g/mol. The van der Waals surface area contributed by atoms with Crippen LogP contribution >= 0.6 is 35.0 Å². The van der Waals surface area contributed by atoms with Gasteiger partial charge in [-0.2, -0.15) is 0 Å². The molecule has 0 unspecified atom stereocenters. The van der Waals surface area contributed by atoms with Crippen LogP contribution in [0.5, 0.6) is 11.5 Å². The summed E-state index contributed by atoms with van der Waals surface area (Å²) in [5, 5.41) is 11.8. The first-order valence-electron chi connectivity index (χ1n) is 9.91. The average Bonchev–Trinajstić information content (AvgIpc) is 2.98. The fourth-order valence-electron chi connectivity index (χ4n) is 4.30. The van der Waals surface area contributed by atoms with Crippen LogP contribution < -0.4 is 15.9 Å². The smallest absolute Gasteiger partial charge is 0.354 e. The third kappa shape index (κ3) is 3.26. The number of fused-ring (bicyclic) bond motifs is 4. The Morgan fingerprint density at radius 2 is 1.88 bits per heavy atom. The van der Waals surface area contributed by atoms with Gasteiger partial charge in [0.2, 0.25) is 0 Å². The van der Waals surface area contributed by atoms with Crippen LogP contribution in [0.1, 0.15) is 25.1 Å². The summed E-state index contributed by atoms with van der Waals surface area (Å²) in [6, 6.07) is 11.9. The van der Waals surface area contributed by atoms with Gasteiger partial charge in [0.15, 0.2) is 5.75 Å². The summed E-state index contributed by atoms with van der Waals surface area (Å²) in [5.74, 6) is 0.156. The summed E-state index contributed by atoms with van der Waals surface area (Å²) < 4.78 is 12.2. The zero-order valence-corrected chi connectivity index (χ0v) is 20.1. The van der Waals surface area contributed by atoms with Gasteiger partial charge in [-0.15, -0.1) is 0 Å². The van der Waals surface area contributed by atoms with Crippen LogP contribution in [-0.4, -0.2) is 16.8 Å². The second-order valence-corrected chi connectivity index (χ2v) is 10.1. The molecular formula is C24H17Cl2NO5S. The van der Waals surface area contributed by atoms with Crippen LogP contribution in [-0.2, 0) is 5.41 Å². The molecule has 168 valence electrons. The van der Waals surface area contributed by atoms with E-state index in [1.165, 1.54) is 11.7 Å². The minimum Gasteiger partial charge on any atom is -0.505 e. The van der Waals surface area contributed by atoms with E-state index in [0.717, 1.165) is 17.3 Å². The molecule has 0 radical (unpaired) electrons. The zero-order valence-electron chi connectivity index (χ0n) is 17.7. The molecule has 1 aliphatic rings. The van der Waals surface area contributed by atoms with Crippen molar-refractivity contribution >= 4 is 45.9 Å². The van der Waals surface area contributed by atoms with Crippen molar-refractivity contribution in [2.45, 2.75) is 29.1 Å². The van der Waals surface area contributed by atoms with E-state index in [4.69, 9.17) is 32.4 Å². The summed E-state index contributed by atoms with van der Waals surface area (Å²) >= 11 is 13.7. The number of methoxy groups -OCH3 is 1. The third-order valence-corrected chi connectivity index (χ3v) is 7.38. The molecule has 0 aliphatic carbocycles. The number of hydrogen-bond acceptors (Lipinski definition) is 6. The summed E-state index contributed by atoms with van der Waals surface area (Å²) in [6.07, 6.45) is 0. The molecular weight excluding hydrogens is 485 g/mol. The molecule has 0 atom stereocenters. The Bertz CT molecular complexity index is 1590. The van der Waals surface area contributed by atoms with Crippen LogP contribution in [0, 0.1) is 0 Å². The zero-order chi connectivity index (χ0) is 23.7. The highest BCUT2D eigenvalue weighted by molar-refractivity contribution is 7.99. The Kier molecular flexibility index (Phi) is 5.04. The van der Waals surface area contributed by atoms with Crippen molar-refractivity contribution < 1.29 is 14.3 Å². The predicted molar refractivity (Wildman–Crippen MR) is 129 cm³/mol. The van der Waals surface area contributed by atoms with E-state index in [-0.39, 0.29) is 15.9 Å². The fraction of sp³-hybridized carbons (Fsp3) is 0.167. The lowest BCUT2D eigenvalue weighted by Gasteiger charge is -2.21. The standard InChI is InChI=1S/C24H17Cl2NO5S/c1-24(2)17-10-16-18(22(29)27(17)15-8-11(25)7-14(26)19(15)24)20(28)21(23(30)32-16)33-13-6-4-5-12(9-13)31-3/h4-10,28H,1-3H3. The van der Waals surface area contributed by atoms with Crippen molar-refractivity contribution in [2.24, 2.45) is 0 Å². The molecule has 1 N–H and O–H groups in total. The second kappa shape index (κ2) is 7.58. The van der Waals surface area contributed by atoms with Crippen LogP contribution in [0.2, 0.25) is 10.0 Å². The Morgan fingerprint density at radius 3 is 2.61 bits per heavy atom. The Hall–Kier alpha value is -2.87. The van der Waals surface area contributed by atoms with Crippen molar-refractivity contribution in [1.29, 1.82) is 0 Å². The molecule has 1 aliphatic heterocycles. The lowest BCUT2D eigenvalue weighted by molar-refractivity contribution is 0.413. The SMILES string of the molecule is COc1cccc(Sc2c(O)c3c(=O)n4c(cc3oc2=O)C(C)(C)c2c(Cl)cc(Cl)cc2-4)c1.